The van der Waals surface area contributed by atoms with Crippen LogP contribution in [0.2, 0.25) is 6.04 Å². The predicted octanol–water partition coefficient (Wildman–Crippen LogP) is -1.45. The van der Waals surface area contributed by atoms with Crippen molar-refractivity contribution in [2.45, 2.75) is 19.4 Å². The Balaban J connectivity index is 0. The Bertz CT molecular complexity index is 132. The molecule has 2 heteroatoms. The van der Waals surface area contributed by atoms with Gasteiger partial charge in [0.1, 0.15) is 0 Å². The van der Waals surface area contributed by atoms with E-state index in [1.165, 1.54) is 12.5 Å². The Morgan fingerprint density at radius 2 is 2.56 bits per heavy atom. The van der Waals surface area contributed by atoms with Gasteiger partial charge < -0.3 is 1.43 Å². The van der Waals surface area contributed by atoms with Crippen molar-refractivity contribution in [1.82, 2.24) is 0 Å². The molecule has 0 N–H and O–H groups in total. The van der Waals surface area contributed by atoms with Crippen LogP contribution in [0.15, 0.2) is 23.4 Å². The van der Waals surface area contributed by atoms with Gasteiger partial charge in [-0.15, -0.1) is 0 Å². The Morgan fingerprint density at radius 3 is 3.00 bits per heavy atom. The van der Waals surface area contributed by atoms with E-state index in [9.17, 15) is 0 Å². The molecule has 0 aliphatic heterocycles. The fraction of sp³-hybridized carbons (Fsp3) is 0.429. The standard InChI is InChI=1S/C7H12Si.Na.H/c1-2-8-7-5-3-4-6-7;;/h3-5H,2,6,8H2,1H3;;/q;+1;-1. The molecule has 9 heavy (non-hydrogen) atoms. The first-order chi connectivity index (χ1) is 3.93. The van der Waals surface area contributed by atoms with Crippen molar-refractivity contribution in [3.8, 4) is 0 Å². The van der Waals surface area contributed by atoms with Crippen molar-refractivity contribution in [3.63, 3.8) is 0 Å². The first-order valence-corrected chi connectivity index (χ1v) is 4.98. The maximum atomic E-state index is 2.29. The van der Waals surface area contributed by atoms with Gasteiger partial charge in [-0.05, 0) is 6.42 Å². The van der Waals surface area contributed by atoms with Crippen LogP contribution in [-0.2, 0) is 0 Å². The van der Waals surface area contributed by atoms with Crippen molar-refractivity contribution in [2.75, 3.05) is 0 Å². The van der Waals surface area contributed by atoms with Crippen LogP contribution in [0.4, 0.5) is 0 Å². The molecule has 46 valence electrons. The van der Waals surface area contributed by atoms with Crippen molar-refractivity contribution in [3.05, 3.63) is 23.4 Å². The molecule has 0 heterocycles. The second-order valence-corrected chi connectivity index (χ2v) is 4.62. The molecule has 0 aromatic heterocycles. The van der Waals surface area contributed by atoms with E-state index in [2.05, 4.69) is 25.2 Å². The van der Waals surface area contributed by atoms with E-state index in [1.54, 1.807) is 5.20 Å². The van der Waals surface area contributed by atoms with Crippen molar-refractivity contribution in [2.24, 2.45) is 0 Å². The molecule has 0 bridgehead atoms. The van der Waals surface area contributed by atoms with E-state index in [-0.39, 0.29) is 40.5 Å². The molecule has 0 amide bonds. The third-order valence-electron chi connectivity index (χ3n) is 1.42. The SMILES string of the molecule is CC[SiH2]C1=CC=CC1.[H-].[Na+]. The average molecular weight is 148 g/mol. The minimum Gasteiger partial charge on any atom is -1.00 e. The Hall–Kier alpha value is 0.697. The van der Waals surface area contributed by atoms with Gasteiger partial charge in [0.05, 0.1) is 0 Å². The van der Waals surface area contributed by atoms with Crippen molar-refractivity contribution in [1.29, 1.82) is 0 Å². The van der Waals surface area contributed by atoms with E-state index >= 15 is 0 Å². The summed E-state index contributed by atoms with van der Waals surface area (Å²) in [6.45, 7) is 2.28. The number of hydrogen-bond acceptors (Lipinski definition) is 0. The third kappa shape index (κ3) is 3.41. The fourth-order valence-corrected chi connectivity index (χ4v) is 2.31. The zero-order chi connectivity index (χ0) is 5.82. The molecule has 0 spiro atoms. The smallest absolute Gasteiger partial charge is 1.00 e. The van der Waals surface area contributed by atoms with Crippen LogP contribution >= 0.6 is 0 Å². The van der Waals surface area contributed by atoms with Crippen LogP contribution < -0.4 is 29.6 Å². The van der Waals surface area contributed by atoms with Gasteiger partial charge in [0.2, 0.25) is 0 Å². The van der Waals surface area contributed by atoms with Crippen LogP contribution in [0.25, 0.3) is 0 Å². The summed E-state index contributed by atoms with van der Waals surface area (Å²) in [5.41, 5.74) is 0. The predicted molar refractivity (Wildman–Crippen MR) is 42.0 cm³/mol. The molecule has 1 rings (SSSR count). The van der Waals surface area contributed by atoms with Crippen molar-refractivity contribution >= 4 is 9.52 Å². The number of rotatable bonds is 2. The summed E-state index contributed by atoms with van der Waals surface area (Å²) < 4.78 is 0. The summed E-state index contributed by atoms with van der Waals surface area (Å²) in [5, 5.41) is 1.73. The molecule has 0 saturated carbocycles. The van der Waals surface area contributed by atoms with Crippen LogP contribution in [0.3, 0.4) is 0 Å². The first kappa shape index (κ1) is 9.70. The quantitative estimate of drug-likeness (QED) is 0.421. The minimum atomic E-state index is 0. The fourth-order valence-electron chi connectivity index (χ4n) is 0.998. The van der Waals surface area contributed by atoms with Crippen molar-refractivity contribution < 1.29 is 31.0 Å². The monoisotopic (exact) mass is 148 g/mol. The molecule has 1 aliphatic rings. The van der Waals surface area contributed by atoms with E-state index in [0.29, 0.717) is 0 Å². The van der Waals surface area contributed by atoms with E-state index in [4.69, 9.17) is 0 Å². The number of hydrogen-bond donors (Lipinski definition) is 0. The van der Waals surface area contributed by atoms with Gasteiger partial charge in [-0.3, -0.25) is 0 Å². The summed E-state index contributed by atoms with van der Waals surface area (Å²) in [6, 6.07) is 1.42. The zero-order valence-corrected chi connectivity index (χ0v) is 9.77. The van der Waals surface area contributed by atoms with Crippen LogP contribution in [-0.4, -0.2) is 9.52 Å². The molecule has 0 saturated heterocycles. The summed E-state index contributed by atoms with van der Waals surface area (Å²) >= 11 is 0. The van der Waals surface area contributed by atoms with Gasteiger partial charge in [0, 0.05) is 9.52 Å². The maximum absolute atomic E-state index is 2.29. The molecule has 0 radical (unpaired) electrons. The molecular formula is C7H13NaSi. The third-order valence-corrected chi connectivity index (χ3v) is 3.09. The number of allylic oxidation sites excluding steroid dienone is 4. The summed E-state index contributed by atoms with van der Waals surface area (Å²) in [6.07, 6.45) is 7.98. The van der Waals surface area contributed by atoms with Gasteiger partial charge in [0.15, 0.2) is 0 Å². The van der Waals surface area contributed by atoms with E-state index in [1.807, 2.05) is 0 Å². The molecule has 0 atom stereocenters. The molecule has 0 aromatic carbocycles. The minimum absolute atomic E-state index is 0. The topological polar surface area (TPSA) is 0 Å². The second kappa shape index (κ2) is 5.48. The van der Waals surface area contributed by atoms with Crippen LogP contribution in [0.1, 0.15) is 14.8 Å². The normalized spacial score (nSPS) is 16.3. The van der Waals surface area contributed by atoms with Gasteiger partial charge in [-0.25, -0.2) is 0 Å². The summed E-state index contributed by atoms with van der Waals surface area (Å²) in [4.78, 5) is 0. The molecular weight excluding hydrogens is 135 g/mol. The average Bonchev–Trinajstić information content (AvgIpc) is 2.19. The Labute approximate surface area is 83.0 Å². The zero-order valence-electron chi connectivity index (χ0n) is 7.35. The van der Waals surface area contributed by atoms with Gasteiger partial charge in [-0.1, -0.05) is 36.4 Å². The van der Waals surface area contributed by atoms with Gasteiger partial charge >= 0.3 is 29.6 Å². The molecule has 1 aliphatic carbocycles. The first-order valence-electron chi connectivity index (χ1n) is 3.28. The molecule has 0 fully saturated rings. The Morgan fingerprint density at radius 1 is 1.78 bits per heavy atom. The van der Waals surface area contributed by atoms with E-state index in [0.717, 1.165) is 0 Å². The van der Waals surface area contributed by atoms with Gasteiger partial charge in [0.25, 0.3) is 0 Å². The molecule has 0 unspecified atom stereocenters. The summed E-state index contributed by atoms with van der Waals surface area (Å²) in [5.74, 6) is 0. The second-order valence-electron chi connectivity index (χ2n) is 2.21. The largest absolute Gasteiger partial charge is 1.00 e. The summed E-state index contributed by atoms with van der Waals surface area (Å²) in [7, 11) is 0.197. The van der Waals surface area contributed by atoms with Crippen LogP contribution in [0, 0.1) is 0 Å². The molecule has 0 aromatic rings. The van der Waals surface area contributed by atoms with Gasteiger partial charge in [-0.2, -0.15) is 0 Å². The van der Waals surface area contributed by atoms with Crippen LogP contribution in [0.5, 0.6) is 0 Å². The van der Waals surface area contributed by atoms with E-state index < -0.39 is 0 Å². The maximum Gasteiger partial charge on any atom is 1.00 e. The molecule has 0 nitrogen and oxygen atoms in total. The Kier molecular flexibility index (Phi) is 5.90.